The minimum Gasteiger partial charge on any atom is -0.494 e. The van der Waals surface area contributed by atoms with Gasteiger partial charge in [0.15, 0.2) is 0 Å². The molecule has 114 valence electrons. The average molecular weight is 276 g/mol. The Kier molecular flexibility index (Phi) is 10.1. The first-order valence-electron chi connectivity index (χ1n) is 8.52. The molecule has 0 atom stereocenters. The number of unbranched alkanes of at least 4 members (excludes halogenated alkanes) is 9. The van der Waals surface area contributed by atoms with Crippen LogP contribution in [0.1, 0.15) is 76.7 Å². The Labute approximate surface area is 125 Å². The Balaban J connectivity index is 1.85. The maximum absolute atomic E-state index is 5.76. The van der Waals surface area contributed by atoms with E-state index in [9.17, 15) is 0 Å². The molecule has 0 spiro atoms. The lowest BCUT2D eigenvalue weighted by molar-refractivity contribution is 0.304. The number of hydrogen-bond donors (Lipinski definition) is 0. The molecule has 0 aliphatic heterocycles. The van der Waals surface area contributed by atoms with Crippen molar-refractivity contribution >= 4 is 0 Å². The SMILES string of the molecule is CCCCCCCCCCCCOc1cccc(C)c1. The van der Waals surface area contributed by atoms with E-state index in [2.05, 4.69) is 32.0 Å². The molecule has 0 fully saturated rings. The van der Waals surface area contributed by atoms with Gasteiger partial charge in [0.25, 0.3) is 0 Å². The van der Waals surface area contributed by atoms with Gasteiger partial charge in [-0.15, -0.1) is 0 Å². The van der Waals surface area contributed by atoms with Crippen molar-refractivity contribution in [2.45, 2.75) is 78.1 Å². The molecule has 1 aromatic rings. The Morgan fingerprint density at radius 3 is 2.00 bits per heavy atom. The summed E-state index contributed by atoms with van der Waals surface area (Å²) in [6.07, 6.45) is 13.7. The van der Waals surface area contributed by atoms with Crippen molar-refractivity contribution < 1.29 is 4.74 Å². The molecule has 0 bridgehead atoms. The van der Waals surface area contributed by atoms with E-state index in [1.807, 2.05) is 6.07 Å². The summed E-state index contributed by atoms with van der Waals surface area (Å²) in [7, 11) is 0. The standard InChI is InChI=1S/C19H32O/c1-3-4-5-6-7-8-9-10-11-12-16-20-19-15-13-14-18(2)17-19/h13-15,17H,3-12,16H2,1-2H3. The lowest BCUT2D eigenvalue weighted by atomic mass is 10.1. The van der Waals surface area contributed by atoms with E-state index in [4.69, 9.17) is 4.74 Å². The maximum Gasteiger partial charge on any atom is 0.119 e. The van der Waals surface area contributed by atoms with Gasteiger partial charge in [-0.1, -0.05) is 76.8 Å². The van der Waals surface area contributed by atoms with Gasteiger partial charge in [-0.25, -0.2) is 0 Å². The highest BCUT2D eigenvalue weighted by Gasteiger charge is 1.95. The zero-order valence-corrected chi connectivity index (χ0v) is 13.5. The van der Waals surface area contributed by atoms with Crippen LogP contribution in [-0.2, 0) is 0 Å². The van der Waals surface area contributed by atoms with Crippen LogP contribution in [0, 0.1) is 6.92 Å². The van der Waals surface area contributed by atoms with Crippen molar-refractivity contribution in [1.29, 1.82) is 0 Å². The summed E-state index contributed by atoms with van der Waals surface area (Å²) in [6, 6.07) is 8.32. The van der Waals surface area contributed by atoms with Gasteiger partial charge in [-0.2, -0.15) is 0 Å². The highest BCUT2D eigenvalue weighted by Crippen LogP contribution is 2.14. The molecular weight excluding hydrogens is 244 g/mol. The molecule has 1 nitrogen and oxygen atoms in total. The summed E-state index contributed by atoms with van der Waals surface area (Å²) in [5.41, 5.74) is 1.27. The van der Waals surface area contributed by atoms with Gasteiger partial charge in [-0.05, 0) is 31.0 Å². The molecule has 0 aliphatic carbocycles. The Bertz CT molecular complexity index is 332. The molecule has 0 N–H and O–H groups in total. The number of aryl methyl sites for hydroxylation is 1. The number of hydrogen-bond acceptors (Lipinski definition) is 1. The lowest BCUT2D eigenvalue weighted by Crippen LogP contribution is -1.97. The summed E-state index contributed by atoms with van der Waals surface area (Å²) in [5, 5.41) is 0. The molecule has 0 radical (unpaired) electrons. The predicted molar refractivity (Wildman–Crippen MR) is 88.5 cm³/mol. The van der Waals surface area contributed by atoms with Gasteiger partial charge in [-0.3, -0.25) is 0 Å². The van der Waals surface area contributed by atoms with E-state index >= 15 is 0 Å². The summed E-state index contributed by atoms with van der Waals surface area (Å²) in [5.74, 6) is 1.01. The van der Waals surface area contributed by atoms with Gasteiger partial charge < -0.3 is 4.74 Å². The van der Waals surface area contributed by atoms with Crippen LogP contribution in [0.25, 0.3) is 0 Å². The first-order valence-corrected chi connectivity index (χ1v) is 8.52. The van der Waals surface area contributed by atoms with Crippen molar-refractivity contribution in [3.63, 3.8) is 0 Å². The summed E-state index contributed by atoms with van der Waals surface area (Å²) < 4.78 is 5.76. The fourth-order valence-electron chi connectivity index (χ4n) is 2.48. The van der Waals surface area contributed by atoms with Crippen molar-refractivity contribution in [1.82, 2.24) is 0 Å². The van der Waals surface area contributed by atoms with Crippen molar-refractivity contribution in [2.24, 2.45) is 0 Å². The highest BCUT2D eigenvalue weighted by atomic mass is 16.5. The Hall–Kier alpha value is -0.980. The zero-order valence-electron chi connectivity index (χ0n) is 13.5. The average Bonchev–Trinajstić information content (AvgIpc) is 2.45. The van der Waals surface area contributed by atoms with Crippen LogP contribution in [0.2, 0.25) is 0 Å². The van der Waals surface area contributed by atoms with Gasteiger partial charge in [0.05, 0.1) is 6.61 Å². The molecule has 0 heterocycles. The van der Waals surface area contributed by atoms with Gasteiger partial charge in [0.1, 0.15) is 5.75 Å². The third-order valence-corrected chi connectivity index (χ3v) is 3.76. The molecule has 1 aromatic carbocycles. The van der Waals surface area contributed by atoms with E-state index in [0.717, 1.165) is 12.4 Å². The second-order valence-corrected chi connectivity index (χ2v) is 5.85. The van der Waals surface area contributed by atoms with Crippen LogP contribution in [0.15, 0.2) is 24.3 Å². The molecule has 0 saturated heterocycles. The third kappa shape index (κ3) is 9.01. The van der Waals surface area contributed by atoms with Crippen LogP contribution in [0.4, 0.5) is 0 Å². The molecule has 1 rings (SSSR count). The molecular formula is C19H32O. The largest absolute Gasteiger partial charge is 0.494 e. The normalized spacial score (nSPS) is 10.7. The topological polar surface area (TPSA) is 9.23 Å². The Morgan fingerprint density at radius 1 is 0.800 bits per heavy atom. The monoisotopic (exact) mass is 276 g/mol. The van der Waals surface area contributed by atoms with E-state index in [1.165, 1.54) is 69.8 Å². The minimum absolute atomic E-state index is 0.861. The van der Waals surface area contributed by atoms with Gasteiger partial charge >= 0.3 is 0 Å². The number of rotatable bonds is 12. The zero-order chi connectivity index (χ0) is 14.5. The predicted octanol–water partition coefficient (Wildman–Crippen LogP) is 6.29. The first kappa shape index (κ1) is 17.1. The third-order valence-electron chi connectivity index (χ3n) is 3.76. The van der Waals surface area contributed by atoms with Crippen molar-refractivity contribution in [3.05, 3.63) is 29.8 Å². The molecule has 0 unspecified atom stereocenters. The summed E-state index contributed by atoms with van der Waals surface area (Å²) in [6.45, 7) is 5.24. The highest BCUT2D eigenvalue weighted by molar-refractivity contribution is 5.27. The van der Waals surface area contributed by atoms with E-state index in [1.54, 1.807) is 0 Å². The fourth-order valence-corrected chi connectivity index (χ4v) is 2.48. The molecule has 0 aliphatic rings. The van der Waals surface area contributed by atoms with Crippen molar-refractivity contribution in [3.8, 4) is 5.75 Å². The maximum atomic E-state index is 5.76. The quantitative estimate of drug-likeness (QED) is 0.407. The number of benzene rings is 1. The smallest absolute Gasteiger partial charge is 0.119 e. The van der Waals surface area contributed by atoms with Crippen LogP contribution in [0.3, 0.4) is 0 Å². The second-order valence-electron chi connectivity index (χ2n) is 5.85. The summed E-state index contributed by atoms with van der Waals surface area (Å²) >= 11 is 0. The molecule has 0 saturated carbocycles. The van der Waals surface area contributed by atoms with Crippen LogP contribution in [0.5, 0.6) is 5.75 Å². The van der Waals surface area contributed by atoms with Gasteiger partial charge in [0.2, 0.25) is 0 Å². The molecule has 0 aromatic heterocycles. The Morgan fingerprint density at radius 2 is 1.40 bits per heavy atom. The summed E-state index contributed by atoms with van der Waals surface area (Å²) in [4.78, 5) is 0. The fraction of sp³-hybridized carbons (Fsp3) is 0.684. The second kappa shape index (κ2) is 11.8. The van der Waals surface area contributed by atoms with Crippen molar-refractivity contribution in [2.75, 3.05) is 6.61 Å². The van der Waals surface area contributed by atoms with E-state index in [-0.39, 0.29) is 0 Å². The van der Waals surface area contributed by atoms with Gasteiger partial charge in [0, 0.05) is 0 Å². The molecule has 20 heavy (non-hydrogen) atoms. The minimum atomic E-state index is 0.861. The first-order chi connectivity index (χ1) is 9.83. The van der Waals surface area contributed by atoms with E-state index < -0.39 is 0 Å². The molecule has 0 amide bonds. The van der Waals surface area contributed by atoms with Crippen LogP contribution < -0.4 is 4.74 Å². The van der Waals surface area contributed by atoms with Crippen LogP contribution in [-0.4, -0.2) is 6.61 Å². The lowest BCUT2D eigenvalue weighted by Gasteiger charge is -2.06. The van der Waals surface area contributed by atoms with E-state index in [0.29, 0.717) is 0 Å². The molecule has 1 heteroatoms. The number of ether oxygens (including phenoxy) is 1. The van der Waals surface area contributed by atoms with Crippen LogP contribution >= 0.6 is 0 Å².